The summed E-state index contributed by atoms with van der Waals surface area (Å²) in [5.41, 5.74) is -0.498. The predicted molar refractivity (Wildman–Crippen MR) is 67.1 cm³/mol. The van der Waals surface area contributed by atoms with Crippen molar-refractivity contribution >= 4 is 17.5 Å². The molecule has 0 saturated carbocycles. The van der Waals surface area contributed by atoms with Gasteiger partial charge in [0.05, 0.1) is 5.41 Å². The van der Waals surface area contributed by atoms with Crippen LogP contribution >= 0.6 is 11.6 Å². The Hall–Kier alpha value is -0.320. The average Bonchev–Trinajstić information content (AvgIpc) is 2.38. The molecule has 1 fully saturated rings. The molecule has 0 bridgehead atoms. The second-order valence-electron chi connectivity index (χ2n) is 5.13. The van der Waals surface area contributed by atoms with E-state index in [1.807, 2.05) is 18.7 Å². The Bertz CT molecular complexity index is 267. The maximum absolute atomic E-state index is 12.2. The smallest absolute Gasteiger partial charge is 0.229 e. The minimum absolute atomic E-state index is 0.105. The zero-order valence-electron chi connectivity index (χ0n) is 11.1. The summed E-state index contributed by atoms with van der Waals surface area (Å²) >= 11 is 5.82. The molecule has 4 nitrogen and oxygen atoms in total. The van der Waals surface area contributed by atoms with E-state index in [1.165, 1.54) is 0 Å². The van der Waals surface area contributed by atoms with Crippen molar-refractivity contribution < 1.29 is 14.3 Å². The second kappa shape index (κ2) is 5.55. The second-order valence-corrected chi connectivity index (χ2v) is 5.40. The number of carbonyl (C=O) groups excluding carboxylic acids is 1. The van der Waals surface area contributed by atoms with E-state index in [4.69, 9.17) is 21.1 Å². The van der Waals surface area contributed by atoms with E-state index < -0.39 is 11.2 Å². The van der Waals surface area contributed by atoms with Gasteiger partial charge in [-0.1, -0.05) is 0 Å². The van der Waals surface area contributed by atoms with Gasteiger partial charge in [0.1, 0.15) is 0 Å². The lowest BCUT2D eigenvalue weighted by Crippen LogP contribution is -2.52. The number of nitrogens with zero attached hydrogens (tertiary/aromatic N) is 1. The lowest BCUT2D eigenvalue weighted by atomic mass is 9.92. The van der Waals surface area contributed by atoms with Crippen molar-refractivity contribution in [1.82, 2.24) is 4.90 Å². The molecule has 0 aliphatic carbocycles. The van der Waals surface area contributed by atoms with E-state index in [-0.39, 0.29) is 5.91 Å². The number of piperidine rings is 1. The third-order valence-corrected chi connectivity index (χ3v) is 4.14. The molecular weight excluding hydrogens is 242 g/mol. The zero-order chi connectivity index (χ0) is 13.1. The van der Waals surface area contributed by atoms with Crippen LogP contribution in [0.4, 0.5) is 0 Å². The molecule has 0 aromatic carbocycles. The van der Waals surface area contributed by atoms with Crippen LogP contribution in [-0.4, -0.2) is 49.8 Å². The van der Waals surface area contributed by atoms with Gasteiger partial charge in [0.2, 0.25) is 5.91 Å². The largest absolute Gasteiger partial charge is 0.353 e. The van der Waals surface area contributed by atoms with Gasteiger partial charge in [-0.15, -0.1) is 11.6 Å². The van der Waals surface area contributed by atoms with Crippen molar-refractivity contribution in [2.45, 2.75) is 32.5 Å². The number of halogens is 1. The Morgan fingerprint density at radius 1 is 1.29 bits per heavy atom. The van der Waals surface area contributed by atoms with Gasteiger partial charge < -0.3 is 14.4 Å². The Morgan fingerprint density at radius 2 is 1.76 bits per heavy atom. The highest BCUT2D eigenvalue weighted by molar-refractivity contribution is 6.19. The molecule has 1 amide bonds. The van der Waals surface area contributed by atoms with Crippen LogP contribution < -0.4 is 0 Å². The summed E-state index contributed by atoms with van der Waals surface area (Å²) in [6, 6.07) is 0. The molecule has 17 heavy (non-hydrogen) atoms. The van der Waals surface area contributed by atoms with Crippen LogP contribution in [0.15, 0.2) is 0 Å². The van der Waals surface area contributed by atoms with Gasteiger partial charge in [-0.3, -0.25) is 4.79 Å². The van der Waals surface area contributed by atoms with Crippen LogP contribution in [-0.2, 0) is 14.3 Å². The van der Waals surface area contributed by atoms with E-state index in [0.717, 1.165) is 0 Å². The van der Waals surface area contributed by atoms with Crippen LogP contribution in [0.1, 0.15) is 26.7 Å². The first-order valence-electron chi connectivity index (χ1n) is 5.86. The third kappa shape index (κ3) is 3.12. The lowest BCUT2D eigenvalue weighted by Gasteiger charge is -2.41. The number of likely N-dealkylation sites (tertiary alicyclic amines) is 1. The summed E-state index contributed by atoms with van der Waals surface area (Å²) in [5, 5.41) is 0. The SMILES string of the molecule is COC1(OC)CCN(C(=O)C(C)(C)CCl)CC1. The van der Waals surface area contributed by atoms with Crippen LogP contribution in [0.25, 0.3) is 0 Å². The van der Waals surface area contributed by atoms with E-state index >= 15 is 0 Å². The number of alkyl halides is 1. The number of hydrogen-bond donors (Lipinski definition) is 0. The molecule has 0 aromatic rings. The van der Waals surface area contributed by atoms with Crippen molar-refractivity contribution in [3.8, 4) is 0 Å². The third-order valence-electron chi connectivity index (χ3n) is 3.47. The molecule has 0 radical (unpaired) electrons. The molecule has 0 spiro atoms. The van der Waals surface area contributed by atoms with Crippen LogP contribution in [0.2, 0.25) is 0 Å². The lowest BCUT2D eigenvalue weighted by molar-refractivity contribution is -0.229. The summed E-state index contributed by atoms with van der Waals surface area (Å²) in [7, 11) is 3.29. The summed E-state index contributed by atoms with van der Waals surface area (Å²) in [4.78, 5) is 14.0. The first kappa shape index (κ1) is 14.7. The molecule has 0 atom stereocenters. The van der Waals surface area contributed by atoms with Gasteiger partial charge >= 0.3 is 0 Å². The van der Waals surface area contributed by atoms with E-state index in [1.54, 1.807) is 14.2 Å². The molecule has 1 rings (SSSR count). The van der Waals surface area contributed by atoms with Crippen molar-refractivity contribution in [2.75, 3.05) is 33.2 Å². The maximum atomic E-state index is 12.2. The summed E-state index contributed by atoms with van der Waals surface area (Å²) < 4.78 is 10.8. The fourth-order valence-corrected chi connectivity index (χ4v) is 2.14. The van der Waals surface area contributed by atoms with Crippen molar-refractivity contribution in [1.29, 1.82) is 0 Å². The Morgan fingerprint density at radius 3 is 2.12 bits per heavy atom. The summed E-state index contributed by atoms with van der Waals surface area (Å²) in [6.45, 7) is 5.05. The van der Waals surface area contributed by atoms with Gasteiger partial charge in [0, 0.05) is 46.0 Å². The Kier molecular flexibility index (Phi) is 4.81. The Balaban J connectivity index is 2.61. The maximum Gasteiger partial charge on any atom is 0.229 e. The molecule has 100 valence electrons. The molecule has 1 heterocycles. The van der Waals surface area contributed by atoms with Crippen LogP contribution in [0, 0.1) is 5.41 Å². The first-order chi connectivity index (χ1) is 7.90. The summed E-state index contributed by atoms with van der Waals surface area (Å²) in [6.07, 6.45) is 1.40. The fraction of sp³-hybridized carbons (Fsp3) is 0.917. The zero-order valence-corrected chi connectivity index (χ0v) is 11.8. The number of carbonyl (C=O) groups is 1. The highest BCUT2D eigenvalue weighted by atomic mass is 35.5. The molecule has 1 aliphatic rings. The number of ether oxygens (including phenoxy) is 2. The highest BCUT2D eigenvalue weighted by Gasteiger charge is 2.39. The van der Waals surface area contributed by atoms with Crippen molar-refractivity contribution in [3.63, 3.8) is 0 Å². The molecule has 5 heteroatoms. The van der Waals surface area contributed by atoms with E-state index in [2.05, 4.69) is 0 Å². The van der Waals surface area contributed by atoms with Gasteiger partial charge in [-0.05, 0) is 13.8 Å². The molecule has 1 aliphatic heterocycles. The average molecular weight is 264 g/mol. The quantitative estimate of drug-likeness (QED) is 0.574. The standard InChI is InChI=1S/C12H22ClNO3/c1-11(2,9-13)10(15)14-7-5-12(16-3,17-4)6-8-14/h5-9H2,1-4H3. The normalized spacial score (nSPS) is 20.4. The van der Waals surface area contributed by atoms with Crippen molar-refractivity contribution in [3.05, 3.63) is 0 Å². The first-order valence-corrected chi connectivity index (χ1v) is 6.40. The predicted octanol–water partition coefficient (Wildman–Crippen LogP) is 1.86. The van der Waals surface area contributed by atoms with Gasteiger partial charge in [-0.2, -0.15) is 0 Å². The minimum Gasteiger partial charge on any atom is -0.353 e. The minimum atomic E-state index is -0.526. The summed E-state index contributed by atoms with van der Waals surface area (Å²) in [5.74, 6) is -0.0856. The topological polar surface area (TPSA) is 38.8 Å². The van der Waals surface area contributed by atoms with E-state index in [9.17, 15) is 4.79 Å². The van der Waals surface area contributed by atoms with Gasteiger partial charge in [0.25, 0.3) is 0 Å². The number of rotatable bonds is 4. The highest BCUT2D eigenvalue weighted by Crippen LogP contribution is 2.29. The molecule has 0 aromatic heterocycles. The Labute approximate surface area is 108 Å². The monoisotopic (exact) mass is 263 g/mol. The van der Waals surface area contributed by atoms with Crippen LogP contribution in [0.3, 0.4) is 0 Å². The van der Waals surface area contributed by atoms with Crippen molar-refractivity contribution in [2.24, 2.45) is 5.41 Å². The number of methoxy groups -OCH3 is 2. The molecule has 0 unspecified atom stereocenters. The molecular formula is C12H22ClNO3. The van der Waals surface area contributed by atoms with Crippen LogP contribution in [0.5, 0.6) is 0 Å². The molecule has 1 saturated heterocycles. The molecule has 0 N–H and O–H groups in total. The van der Waals surface area contributed by atoms with Gasteiger partial charge in [0.15, 0.2) is 5.79 Å². The number of amides is 1. The number of hydrogen-bond acceptors (Lipinski definition) is 3. The van der Waals surface area contributed by atoms with Gasteiger partial charge in [-0.25, -0.2) is 0 Å². The fourth-order valence-electron chi connectivity index (χ4n) is 2.03. The van der Waals surface area contributed by atoms with E-state index in [0.29, 0.717) is 31.8 Å².